The quantitative estimate of drug-likeness (QED) is 0.519. The summed E-state index contributed by atoms with van der Waals surface area (Å²) in [5, 5.41) is 1.99. The van der Waals surface area contributed by atoms with Crippen LogP contribution >= 0.6 is 0 Å². The van der Waals surface area contributed by atoms with Crippen LogP contribution in [0.2, 0.25) is 0 Å². The van der Waals surface area contributed by atoms with Gasteiger partial charge in [0, 0.05) is 24.1 Å². The molecule has 2 amide bonds. The van der Waals surface area contributed by atoms with Gasteiger partial charge in [-0.1, -0.05) is 44.2 Å². The standard InChI is InChI=1S/C29H31F3N2O5/c1-27(2)15-21-25(22(35)16-27)28(29(30,31)32,26(37)34(21)17-19-7-5-6-8-23(19)39-4)33-24(36)14-11-18-9-12-20(38-3)13-10-18/h5-10,12-13H,11,14-17H2,1-4H3,(H,33,36)/t28-/m1/s1. The Morgan fingerprint density at radius 1 is 1.00 bits per heavy atom. The lowest BCUT2D eigenvalue weighted by molar-refractivity contribution is -0.194. The van der Waals surface area contributed by atoms with Crippen molar-refractivity contribution in [3.8, 4) is 11.5 Å². The first-order valence-corrected chi connectivity index (χ1v) is 12.5. The Morgan fingerprint density at radius 2 is 1.67 bits per heavy atom. The van der Waals surface area contributed by atoms with Gasteiger partial charge in [-0.2, -0.15) is 13.2 Å². The van der Waals surface area contributed by atoms with E-state index < -0.39 is 40.3 Å². The monoisotopic (exact) mass is 544 g/mol. The second kappa shape index (κ2) is 10.4. The van der Waals surface area contributed by atoms with Crippen LogP contribution in [0.5, 0.6) is 11.5 Å². The average Bonchev–Trinajstić information content (AvgIpc) is 3.10. The van der Waals surface area contributed by atoms with Gasteiger partial charge in [0.15, 0.2) is 5.78 Å². The van der Waals surface area contributed by atoms with Crippen molar-refractivity contribution >= 4 is 17.6 Å². The molecule has 0 spiro atoms. The summed E-state index contributed by atoms with van der Waals surface area (Å²) in [5.74, 6) is -2.19. The van der Waals surface area contributed by atoms with Crippen LogP contribution < -0.4 is 14.8 Å². The van der Waals surface area contributed by atoms with Crippen LogP contribution in [0, 0.1) is 5.41 Å². The SMILES string of the molecule is COc1ccc(CCC(=O)N[C@@]2(C(F)(F)F)C(=O)N(Cc3ccccc3OC)C3=C2C(=O)CC(C)(C)C3)cc1. The van der Waals surface area contributed by atoms with Crippen LogP contribution in [0.25, 0.3) is 0 Å². The van der Waals surface area contributed by atoms with Crippen LogP contribution in [0.1, 0.15) is 44.2 Å². The maximum atomic E-state index is 15.0. The Kier molecular flexibility index (Phi) is 7.51. The maximum absolute atomic E-state index is 15.0. The number of ether oxygens (including phenoxy) is 2. The number of halogens is 3. The normalized spacial score (nSPS) is 20.6. The number of para-hydroxylation sites is 1. The first-order valence-electron chi connectivity index (χ1n) is 12.5. The fourth-order valence-electron chi connectivity index (χ4n) is 5.32. The van der Waals surface area contributed by atoms with E-state index in [1.54, 1.807) is 62.4 Å². The maximum Gasteiger partial charge on any atom is 0.425 e. The lowest BCUT2D eigenvalue weighted by atomic mass is 9.72. The van der Waals surface area contributed by atoms with Gasteiger partial charge in [-0.15, -0.1) is 0 Å². The molecule has 2 aliphatic rings. The predicted octanol–water partition coefficient (Wildman–Crippen LogP) is 4.74. The Hall–Kier alpha value is -3.82. The molecule has 1 heterocycles. The summed E-state index contributed by atoms with van der Waals surface area (Å²) < 4.78 is 55.4. The van der Waals surface area contributed by atoms with Crippen LogP contribution in [-0.2, 0) is 27.3 Å². The van der Waals surface area contributed by atoms with Gasteiger partial charge < -0.3 is 19.7 Å². The minimum Gasteiger partial charge on any atom is -0.497 e. The summed E-state index contributed by atoms with van der Waals surface area (Å²) in [6.45, 7) is 3.29. The summed E-state index contributed by atoms with van der Waals surface area (Å²) in [7, 11) is 2.93. The zero-order valence-corrected chi connectivity index (χ0v) is 22.3. The smallest absolute Gasteiger partial charge is 0.425 e. The Labute approximate surface area is 225 Å². The molecule has 10 heteroatoms. The third kappa shape index (κ3) is 5.24. The zero-order valence-electron chi connectivity index (χ0n) is 22.3. The average molecular weight is 545 g/mol. The highest BCUT2D eigenvalue weighted by atomic mass is 19.4. The molecule has 0 saturated carbocycles. The number of allylic oxidation sites excluding steroid dienone is 1. The second-order valence-corrected chi connectivity index (χ2v) is 10.6. The molecule has 1 aliphatic carbocycles. The fourth-order valence-corrected chi connectivity index (χ4v) is 5.32. The number of rotatable bonds is 8. The number of hydrogen-bond donors (Lipinski definition) is 1. The number of carbonyl (C=O) groups excluding carboxylic acids is 3. The number of aryl methyl sites for hydroxylation is 1. The highest BCUT2D eigenvalue weighted by Crippen LogP contribution is 2.52. The van der Waals surface area contributed by atoms with Crippen molar-refractivity contribution in [2.75, 3.05) is 14.2 Å². The third-order valence-electron chi connectivity index (χ3n) is 7.19. The minimum atomic E-state index is -5.26. The van der Waals surface area contributed by atoms with Crippen molar-refractivity contribution in [1.82, 2.24) is 10.2 Å². The van der Waals surface area contributed by atoms with E-state index in [9.17, 15) is 27.6 Å². The summed E-state index contributed by atoms with van der Waals surface area (Å²) in [6.07, 6.45) is -5.55. The third-order valence-corrected chi connectivity index (χ3v) is 7.19. The van der Waals surface area contributed by atoms with E-state index in [2.05, 4.69) is 0 Å². The molecule has 0 bridgehead atoms. The van der Waals surface area contributed by atoms with Crippen LogP contribution in [0.15, 0.2) is 59.8 Å². The molecule has 1 aliphatic heterocycles. The molecular weight excluding hydrogens is 513 g/mol. The van der Waals surface area contributed by atoms with Crippen molar-refractivity contribution in [3.63, 3.8) is 0 Å². The van der Waals surface area contributed by atoms with E-state index in [4.69, 9.17) is 9.47 Å². The zero-order chi connectivity index (χ0) is 28.6. The van der Waals surface area contributed by atoms with Crippen molar-refractivity contribution < 1.29 is 37.0 Å². The molecule has 0 unspecified atom stereocenters. The van der Waals surface area contributed by atoms with Crippen molar-refractivity contribution in [3.05, 3.63) is 70.9 Å². The lowest BCUT2D eigenvalue weighted by Crippen LogP contribution is -2.66. The first-order chi connectivity index (χ1) is 18.3. The van der Waals surface area contributed by atoms with Crippen LogP contribution in [0.4, 0.5) is 13.2 Å². The summed E-state index contributed by atoms with van der Waals surface area (Å²) in [5.41, 5.74) is -3.66. The van der Waals surface area contributed by atoms with Gasteiger partial charge in [0.1, 0.15) is 11.5 Å². The number of hydrogen-bond acceptors (Lipinski definition) is 5. The lowest BCUT2D eigenvalue weighted by Gasteiger charge is -2.35. The summed E-state index contributed by atoms with van der Waals surface area (Å²) >= 11 is 0. The number of nitrogens with one attached hydrogen (secondary N) is 1. The van der Waals surface area contributed by atoms with Gasteiger partial charge in [-0.25, -0.2) is 0 Å². The van der Waals surface area contributed by atoms with Gasteiger partial charge in [0.2, 0.25) is 11.4 Å². The van der Waals surface area contributed by atoms with Crippen molar-refractivity contribution in [2.45, 2.75) is 57.8 Å². The molecule has 2 aromatic carbocycles. The summed E-state index contributed by atoms with van der Waals surface area (Å²) in [6, 6.07) is 13.4. The number of carbonyl (C=O) groups is 3. The Balaban J connectivity index is 1.72. The van der Waals surface area contributed by atoms with Crippen LogP contribution in [0.3, 0.4) is 0 Å². The van der Waals surface area contributed by atoms with Crippen molar-refractivity contribution in [2.24, 2.45) is 5.41 Å². The number of Topliss-reactive ketones (excluding diaryl/α,β-unsaturated/α-hetero) is 1. The number of ketones is 1. The van der Waals surface area contributed by atoms with E-state index in [0.29, 0.717) is 22.6 Å². The van der Waals surface area contributed by atoms with Crippen LogP contribution in [-0.4, -0.2) is 48.4 Å². The second-order valence-electron chi connectivity index (χ2n) is 10.6. The molecule has 0 fully saturated rings. The van der Waals surface area contributed by atoms with Gasteiger partial charge >= 0.3 is 6.18 Å². The molecule has 4 rings (SSSR count). The predicted molar refractivity (Wildman–Crippen MR) is 137 cm³/mol. The largest absolute Gasteiger partial charge is 0.497 e. The molecule has 1 N–H and O–H groups in total. The topological polar surface area (TPSA) is 84.9 Å². The number of alkyl halides is 3. The highest BCUT2D eigenvalue weighted by Gasteiger charge is 2.71. The molecule has 208 valence electrons. The molecule has 0 saturated heterocycles. The van der Waals surface area contributed by atoms with Gasteiger partial charge in [0.25, 0.3) is 5.91 Å². The van der Waals surface area contributed by atoms with E-state index in [-0.39, 0.29) is 37.9 Å². The number of methoxy groups -OCH3 is 2. The number of amides is 2. The van der Waals surface area contributed by atoms with E-state index >= 15 is 0 Å². The van der Waals surface area contributed by atoms with E-state index in [1.165, 1.54) is 14.2 Å². The first kappa shape index (κ1) is 28.2. The molecule has 0 aromatic heterocycles. The van der Waals surface area contributed by atoms with Crippen molar-refractivity contribution in [1.29, 1.82) is 0 Å². The fraction of sp³-hybridized carbons (Fsp3) is 0.414. The molecule has 0 radical (unpaired) electrons. The minimum absolute atomic E-state index is 0.0139. The molecule has 1 atom stereocenters. The molecule has 39 heavy (non-hydrogen) atoms. The van der Waals surface area contributed by atoms with Gasteiger partial charge in [-0.3, -0.25) is 14.4 Å². The Bertz CT molecular complexity index is 1320. The summed E-state index contributed by atoms with van der Waals surface area (Å²) in [4.78, 5) is 41.1. The highest BCUT2D eigenvalue weighted by molar-refractivity contribution is 6.13. The Morgan fingerprint density at radius 3 is 2.28 bits per heavy atom. The van der Waals surface area contributed by atoms with E-state index in [0.717, 1.165) is 4.90 Å². The molecular formula is C29H31F3N2O5. The number of benzene rings is 2. The van der Waals surface area contributed by atoms with Gasteiger partial charge in [-0.05, 0) is 42.0 Å². The van der Waals surface area contributed by atoms with E-state index in [1.807, 2.05) is 5.32 Å². The molecule has 7 nitrogen and oxygen atoms in total. The molecule has 2 aromatic rings. The number of nitrogens with zero attached hydrogens (tertiary/aromatic N) is 1. The van der Waals surface area contributed by atoms with Gasteiger partial charge in [0.05, 0.1) is 26.3 Å².